The molecule has 0 spiro atoms. The number of fused-ring (bicyclic) bond motifs is 1. The van der Waals surface area contributed by atoms with E-state index in [4.69, 9.17) is 0 Å². The second-order valence-corrected chi connectivity index (χ2v) is 10.6. The van der Waals surface area contributed by atoms with Gasteiger partial charge in [0.2, 0.25) is 10.0 Å². The summed E-state index contributed by atoms with van der Waals surface area (Å²) in [4.78, 5) is 2.64. The summed E-state index contributed by atoms with van der Waals surface area (Å²) in [6, 6.07) is 8.49. The monoisotopic (exact) mass is 376 g/mol. The lowest BCUT2D eigenvalue weighted by molar-refractivity contribution is -0.0370. The third-order valence-electron chi connectivity index (χ3n) is 6.64. The van der Waals surface area contributed by atoms with E-state index in [1.165, 1.54) is 38.6 Å². The largest absolute Gasteiger partial charge is 0.299 e. The standard InChI is InChI=1S/C21H32N2O2S/c1-17-6-5-9-19(12-17)16-26(24,25)23-11-10-21-20(15-23)14-22(21)13-18-7-3-2-4-8-18/h5-6,9,12,18,20-21H,2-4,7-8,10-11,13-16H2,1H3/t20-,21-/m1/s1. The van der Waals surface area contributed by atoms with Crippen LogP contribution < -0.4 is 0 Å². The van der Waals surface area contributed by atoms with E-state index in [9.17, 15) is 8.42 Å². The minimum absolute atomic E-state index is 0.137. The van der Waals surface area contributed by atoms with Crippen LogP contribution in [-0.4, -0.2) is 49.8 Å². The number of piperidine rings is 1. The molecule has 2 aliphatic heterocycles. The average molecular weight is 377 g/mol. The van der Waals surface area contributed by atoms with E-state index in [1.807, 2.05) is 31.2 Å². The number of rotatable bonds is 5. The number of hydrogen-bond acceptors (Lipinski definition) is 3. The van der Waals surface area contributed by atoms with Crippen LogP contribution in [0, 0.1) is 18.8 Å². The van der Waals surface area contributed by atoms with Crippen LogP contribution in [0.5, 0.6) is 0 Å². The molecule has 0 amide bonds. The van der Waals surface area contributed by atoms with Gasteiger partial charge in [-0.3, -0.25) is 4.90 Å². The van der Waals surface area contributed by atoms with Crippen LogP contribution in [0.2, 0.25) is 0 Å². The van der Waals surface area contributed by atoms with Crippen LogP contribution in [-0.2, 0) is 15.8 Å². The summed E-state index contributed by atoms with van der Waals surface area (Å²) in [7, 11) is -3.21. The van der Waals surface area contributed by atoms with Crippen LogP contribution in [0.25, 0.3) is 0 Å². The summed E-state index contributed by atoms with van der Waals surface area (Å²) in [5.74, 6) is 1.56. The Kier molecular flexibility index (Phi) is 5.40. The van der Waals surface area contributed by atoms with E-state index in [2.05, 4.69) is 4.90 Å². The maximum absolute atomic E-state index is 12.9. The molecule has 0 unspecified atom stereocenters. The molecule has 0 radical (unpaired) electrons. The molecule has 1 saturated carbocycles. The molecular weight excluding hydrogens is 344 g/mol. The Hall–Kier alpha value is -0.910. The minimum atomic E-state index is -3.21. The van der Waals surface area contributed by atoms with Gasteiger partial charge in [-0.25, -0.2) is 12.7 Å². The van der Waals surface area contributed by atoms with Gasteiger partial charge in [-0.15, -0.1) is 0 Å². The highest BCUT2D eigenvalue weighted by atomic mass is 32.2. The van der Waals surface area contributed by atoms with Gasteiger partial charge in [0.15, 0.2) is 0 Å². The molecule has 0 aromatic heterocycles. The third kappa shape index (κ3) is 4.00. The van der Waals surface area contributed by atoms with Gasteiger partial charge in [0.05, 0.1) is 5.75 Å². The summed E-state index contributed by atoms with van der Waals surface area (Å²) in [6.07, 6.45) is 8.01. The van der Waals surface area contributed by atoms with Crippen LogP contribution in [0.1, 0.15) is 49.7 Å². The lowest BCUT2D eigenvalue weighted by Gasteiger charge is -2.54. The molecule has 4 nitrogen and oxygen atoms in total. The lowest BCUT2D eigenvalue weighted by atomic mass is 9.81. The van der Waals surface area contributed by atoms with Crippen molar-refractivity contribution in [3.63, 3.8) is 0 Å². The molecule has 3 aliphatic rings. The van der Waals surface area contributed by atoms with E-state index < -0.39 is 10.0 Å². The van der Waals surface area contributed by atoms with E-state index in [-0.39, 0.29) is 5.75 Å². The lowest BCUT2D eigenvalue weighted by Crippen LogP contribution is -2.64. The summed E-state index contributed by atoms with van der Waals surface area (Å²) >= 11 is 0. The molecule has 2 atom stereocenters. The van der Waals surface area contributed by atoms with Gasteiger partial charge in [-0.05, 0) is 37.7 Å². The number of likely N-dealkylation sites (tertiary alicyclic amines) is 1. The van der Waals surface area contributed by atoms with Crippen LogP contribution >= 0.6 is 0 Å². The average Bonchev–Trinajstić information content (AvgIpc) is 2.60. The SMILES string of the molecule is Cc1cccc(CS(=O)(=O)N2CC[C@@H]3[C@H](CN3CC3CCCCC3)C2)c1. The smallest absolute Gasteiger partial charge is 0.218 e. The van der Waals surface area contributed by atoms with Gasteiger partial charge >= 0.3 is 0 Å². The topological polar surface area (TPSA) is 40.6 Å². The molecule has 0 N–H and O–H groups in total. The van der Waals surface area contributed by atoms with Crippen molar-refractivity contribution in [1.82, 2.24) is 9.21 Å². The first-order valence-corrected chi connectivity index (χ1v) is 11.9. The zero-order valence-corrected chi connectivity index (χ0v) is 16.8. The van der Waals surface area contributed by atoms with Crippen molar-refractivity contribution in [3.05, 3.63) is 35.4 Å². The predicted octanol–water partition coefficient (Wildman–Crippen LogP) is 3.41. The number of benzene rings is 1. The van der Waals surface area contributed by atoms with Gasteiger partial charge in [-0.1, -0.05) is 49.1 Å². The van der Waals surface area contributed by atoms with Gasteiger partial charge in [0.25, 0.3) is 0 Å². The fourth-order valence-electron chi connectivity index (χ4n) is 5.21. The van der Waals surface area contributed by atoms with Crippen LogP contribution in [0.4, 0.5) is 0 Å². The first-order chi connectivity index (χ1) is 12.5. The molecular formula is C21H32N2O2S. The van der Waals surface area contributed by atoms with Crippen molar-refractivity contribution < 1.29 is 8.42 Å². The normalized spacial score (nSPS) is 28.5. The minimum Gasteiger partial charge on any atom is -0.299 e. The Balaban J connectivity index is 1.31. The van der Waals surface area contributed by atoms with Crippen molar-refractivity contribution >= 4 is 10.0 Å². The Labute approximate surface area is 158 Å². The van der Waals surface area contributed by atoms with E-state index in [0.29, 0.717) is 18.5 Å². The second-order valence-electron chi connectivity index (χ2n) is 8.68. The molecule has 0 bridgehead atoms. The highest BCUT2D eigenvalue weighted by Gasteiger charge is 2.45. The number of hydrogen-bond donors (Lipinski definition) is 0. The molecule has 26 heavy (non-hydrogen) atoms. The maximum atomic E-state index is 12.9. The molecule has 1 aromatic carbocycles. The quantitative estimate of drug-likeness (QED) is 0.791. The van der Waals surface area contributed by atoms with E-state index in [1.54, 1.807) is 4.31 Å². The molecule has 2 saturated heterocycles. The van der Waals surface area contributed by atoms with Gasteiger partial charge < -0.3 is 0 Å². The molecule has 144 valence electrons. The number of nitrogens with zero attached hydrogens (tertiary/aromatic N) is 2. The fraction of sp³-hybridized carbons (Fsp3) is 0.714. The van der Waals surface area contributed by atoms with Crippen molar-refractivity contribution in [1.29, 1.82) is 0 Å². The van der Waals surface area contributed by atoms with Gasteiger partial charge in [-0.2, -0.15) is 0 Å². The van der Waals surface area contributed by atoms with Crippen molar-refractivity contribution in [3.8, 4) is 0 Å². The third-order valence-corrected chi connectivity index (χ3v) is 8.45. The van der Waals surface area contributed by atoms with E-state index >= 15 is 0 Å². The van der Waals surface area contributed by atoms with E-state index in [0.717, 1.165) is 36.6 Å². The molecule has 2 heterocycles. The van der Waals surface area contributed by atoms with Gasteiger partial charge in [0.1, 0.15) is 0 Å². The molecule has 4 rings (SSSR count). The van der Waals surface area contributed by atoms with Crippen molar-refractivity contribution in [2.75, 3.05) is 26.2 Å². The summed E-state index contributed by atoms with van der Waals surface area (Å²) < 4.78 is 27.5. The number of sulfonamides is 1. The van der Waals surface area contributed by atoms with Gasteiger partial charge in [0, 0.05) is 38.1 Å². The Bertz CT molecular complexity index is 727. The predicted molar refractivity (Wildman–Crippen MR) is 105 cm³/mol. The zero-order valence-electron chi connectivity index (χ0n) is 15.9. The zero-order chi connectivity index (χ0) is 18.1. The second kappa shape index (κ2) is 7.61. The molecule has 5 heteroatoms. The maximum Gasteiger partial charge on any atom is 0.218 e. The van der Waals surface area contributed by atoms with Crippen molar-refractivity contribution in [2.24, 2.45) is 11.8 Å². The Morgan fingerprint density at radius 2 is 1.88 bits per heavy atom. The van der Waals surface area contributed by atoms with Crippen molar-refractivity contribution in [2.45, 2.75) is 57.2 Å². The summed E-state index contributed by atoms with van der Waals surface area (Å²) in [5, 5.41) is 0. The molecule has 1 aromatic rings. The highest BCUT2D eigenvalue weighted by Crippen LogP contribution is 2.36. The molecule has 1 aliphatic carbocycles. The van der Waals surface area contributed by atoms with Crippen LogP contribution in [0.3, 0.4) is 0 Å². The first-order valence-electron chi connectivity index (χ1n) is 10.3. The molecule has 3 fully saturated rings. The Morgan fingerprint density at radius 1 is 1.08 bits per heavy atom. The fourth-order valence-corrected chi connectivity index (χ4v) is 6.80. The number of aryl methyl sites for hydroxylation is 1. The summed E-state index contributed by atoms with van der Waals surface area (Å²) in [5.41, 5.74) is 2.02. The summed E-state index contributed by atoms with van der Waals surface area (Å²) in [6.45, 7) is 5.77. The Morgan fingerprint density at radius 3 is 2.62 bits per heavy atom. The van der Waals surface area contributed by atoms with Crippen LogP contribution in [0.15, 0.2) is 24.3 Å². The highest BCUT2D eigenvalue weighted by molar-refractivity contribution is 7.88. The first kappa shape index (κ1) is 18.5.